The van der Waals surface area contributed by atoms with Crippen LogP contribution in [0.1, 0.15) is 24.2 Å². The predicted octanol–water partition coefficient (Wildman–Crippen LogP) is 3.08. The van der Waals surface area contributed by atoms with Gasteiger partial charge in [0.2, 0.25) is 0 Å². The summed E-state index contributed by atoms with van der Waals surface area (Å²) in [6.45, 7) is 7.29. The van der Waals surface area contributed by atoms with Crippen LogP contribution in [0, 0.1) is 0 Å². The first-order valence-corrected chi connectivity index (χ1v) is 7.86. The lowest BCUT2D eigenvalue weighted by Gasteiger charge is -2.19. The van der Waals surface area contributed by atoms with Gasteiger partial charge in [-0.3, -0.25) is 4.79 Å². The Balaban J connectivity index is 2.96. The van der Waals surface area contributed by atoms with Crippen molar-refractivity contribution in [2.24, 2.45) is 0 Å². The van der Waals surface area contributed by atoms with Gasteiger partial charge in [0.1, 0.15) is 5.56 Å². The van der Waals surface area contributed by atoms with Crippen molar-refractivity contribution in [1.29, 1.82) is 0 Å². The number of carbonyl (C=O) groups excluding carboxylic acids is 1. The second-order valence-corrected chi connectivity index (χ2v) is 5.38. The van der Waals surface area contributed by atoms with E-state index in [-0.39, 0.29) is 33.0 Å². The fourth-order valence-corrected chi connectivity index (χ4v) is 2.76. The third kappa shape index (κ3) is 4.41. The highest BCUT2D eigenvalue weighted by atomic mass is 35.5. The molecule has 0 aliphatic rings. The van der Waals surface area contributed by atoms with Gasteiger partial charge in [-0.25, -0.2) is 0 Å². The maximum absolute atomic E-state index is 12.5. The molecule has 0 saturated carbocycles. The zero-order valence-electron chi connectivity index (χ0n) is 13.3. The maximum Gasteiger partial charge on any atom is 0.259 e. The van der Waals surface area contributed by atoms with Crippen LogP contribution in [0.3, 0.4) is 0 Å². The third-order valence-corrected chi connectivity index (χ3v) is 3.95. The molecule has 0 heterocycles. The molecule has 22 heavy (non-hydrogen) atoms. The molecule has 0 bridgehead atoms. The van der Waals surface area contributed by atoms with E-state index in [1.54, 1.807) is 0 Å². The summed E-state index contributed by atoms with van der Waals surface area (Å²) in [4.78, 5) is 14.7. The number of methoxy groups -OCH3 is 2. The van der Waals surface area contributed by atoms with E-state index < -0.39 is 0 Å². The Bertz CT molecular complexity index is 492. The molecule has 1 aromatic rings. The third-order valence-electron chi connectivity index (χ3n) is 3.38. The van der Waals surface area contributed by atoms with Crippen molar-refractivity contribution < 1.29 is 14.3 Å². The molecule has 124 valence electrons. The first-order valence-electron chi connectivity index (χ1n) is 7.10. The number of hydrogen-bond donors (Lipinski definition) is 1. The molecule has 5 nitrogen and oxygen atoms in total. The molecule has 1 amide bonds. The maximum atomic E-state index is 12.5. The number of ether oxygens (including phenoxy) is 2. The number of likely N-dealkylation sites (N-methyl/N-ethyl adjacent to an activating group) is 1. The van der Waals surface area contributed by atoms with E-state index in [0.717, 1.165) is 19.6 Å². The van der Waals surface area contributed by atoms with Gasteiger partial charge in [-0.15, -0.1) is 0 Å². The highest BCUT2D eigenvalue weighted by Gasteiger charge is 2.24. The summed E-state index contributed by atoms with van der Waals surface area (Å²) in [5, 5.41) is 3.38. The van der Waals surface area contributed by atoms with Crippen molar-refractivity contribution >= 4 is 29.1 Å². The fraction of sp³-hybridized carbons (Fsp3) is 0.533. The minimum atomic E-state index is -0.328. The summed E-state index contributed by atoms with van der Waals surface area (Å²) in [5.41, 5.74) is 0.210. The summed E-state index contributed by atoms with van der Waals surface area (Å²) in [6, 6.07) is 1.49. The fourth-order valence-electron chi connectivity index (χ4n) is 2.15. The molecule has 1 rings (SSSR count). The van der Waals surface area contributed by atoms with E-state index in [9.17, 15) is 4.79 Å². The monoisotopic (exact) mass is 348 g/mol. The van der Waals surface area contributed by atoms with Gasteiger partial charge in [0, 0.05) is 13.1 Å². The summed E-state index contributed by atoms with van der Waals surface area (Å²) in [5.74, 6) is 0.178. The van der Waals surface area contributed by atoms with Gasteiger partial charge in [0.15, 0.2) is 11.5 Å². The minimum Gasteiger partial charge on any atom is -0.494 e. The normalized spacial score (nSPS) is 10.7. The molecule has 0 spiro atoms. The largest absolute Gasteiger partial charge is 0.494 e. The molecule has 0 atom stereocenters. The van der Waals surface area contributed by atoms with Crippen molar-refractivity contribution in [3.8, 4) is 11.5 Å². The summed E-state index contributed by atoms with van der Waals surface area (Å²) >= 11 is 12.2. The van der Waals surface area contributed by atoms with Crippen molar-refractivity contribution in [2.45, 2.75) is 13.8 Å². The SMILES string of the molecule is CCN(CC)CCNC(=O)c1c(OC)c(Cl)cc(Cl)c1OC. The number of carbonyl (C=O) groups is 1. The lowest BCUT2D eigenvalue weighted by molar-refractivity contribution is 0.0942. The Hall–Kier alpha value is -1.17. The van der Waals surface area contributed by atoms with Gasteiger partial charge in [0.25, 0.3) is 5.91 Å². The quantitative estimate of drug-likeness (QED) is 0.784. The van der Waals surface area contributed by atoms with Crippen LogP contribution in [0.4, 0.5) is 0 Å². The lowest BCUT2D eigenvalue weighted by Crippen LogP contribution is -2.35. The second kappa shape index (κ2) is 9.08. The molecule has 0 saturated heterocycles. The minimum absolute atomic E-state index is 0.210. The van der Waals surface area contributed by atoms with E-state index in [1.165, 1.54) is 20.3 Å². The van der Waals surface area contributed by atoms with E-state index >= 15 is 0 Å². The zero-order valence-corrected chi connectivity index (χ0v) is 14.8. The summed E-state index contributed by atoms with van der Waals surface area (Å²) < 4.78 is 10.4. The van der Waals surface area contributed by atoms with Gasteiger partial charge >= 0.3 is 0 Å². The molecule has 1 aromatic carbocycles. The average Bonchev–Trinajstić information content (AvgIpc) is 2.50. The highest BCUT2D eigenvalue weighted by molar-refractivity contribution is 6.37. The van der Waals surface area contributed by atoms with Crippen LogP contribution in [-0.4, -0.2) is 51.2 Å². The predicted molar refractivity (Wildman–Crippen MR) is 89.7 cm³/mol. The van der Waals surface area contributed by atoms with Crippen LogP contribution >= 0.6 is 23.2 Å². The zero-order chi connectivity index (χ0) is 16.7. The smallest absolute Gasteiger partial charge is 0.259 e. The first-order chi connectivity index (χ1) is 10.5. The highest BCUT2D eigenvalue weighted by Crippen LogP contribution is 2.40. The van der Waals surface area contributed by atoms with E-state index in [2.05, 4.69) is 24.1 Å². The lowest BCUT2D eigenvalue weighted by atomic mass is 10.1. The number of amides is 1. The number of hydrogen-bond acceptors (Lipinski definition) is 4. The van der Waals surface area contributed by atoms with Crippen LogP contribution in [-0.2, 0) is 0 Å². The number of rotatable bonds is 8. The molecule has 1 N–H and O–H groups in total. The van der Waals surface area contributed by atoms with Gasteiger partial charge < -0.3 is 19.7 Å². The molecule has 0 unspecified atom stereocenters. The molecule has 0 radical (unpaired) electrons. The average molecular weight is 349 g/mol. The first kappa shape index (κ1) is 18.9. The Labute approximate surface area is 141 Å². The molecule has 0 aromatic heterocycles. The number of halogens is 2. The molecule has 0 aliphatic carbocycles. The topological polar surface area (TPSA) is 50.8 Å². The van der Waals surface area contributed by atoms with Crippen LogP contribution in [0.25, 0.3) is 0 Å². The van der Waals surface area contributed by atoms with E-state index in [4.69, 9.17) is 32.7 Å². The molecular weight excluding hydrogens is 327 g/mol. The van der Waals surface area contributed by atoms with Crippen molar-refractivity contribution in [1.82, 2.24) is 10.2 Å². The van der Waals surface area contributed by atoms with Gasteiger partial charge in [-0.1, -0.05) is 37.0 Å². The Morgan fingerprint density at radius 2 is 1.64 bits per heavy atom. The number of benzene rings is 1. The second-order valence-electron chi connectivity index (χ2n) is 4.56. The number of nitrogens with one attached hydrogen (secondary N) is 1. The van der Waals surface area contributed by atoms with E-state index in [1.807, 2.05) is 0 Å². The van der Waals surface area contributed by atoms with Crippen molar-refractivity contribution in [3.05, 3.63) is 21.7 Å². The molecule has 7 heteroatoms. The standard InChI is InChI=1S/C15H22Cl2N2O3/c1-5-19(6-2)8-7-18-15(20)12-13(21-3)10(16)9-11(17)14(12)22-4/h9H,5-8H2,1-4H3,(H,18,20). The van der Waals surface area contributed by atoms with Crippen molar-refractivity contribution in [3.63, 3.8) is 0 Å². The Kier molecular flexibility index (Phi) is 7.79. The summed E-state index contributed by atoms with van der Waals surface area (Å²) in [6.07, 6.45) is 0. The van der Waals surface area contributed by atoms with E-state index in [0.29, 0.717) is 6.54 Å². The molecule has 0 fully saturated rings. The van der Waals surface area contributed by atoms with Crippen LogP contribution < -0.4 is 14.8 Å². The van der Waals surface area contributed by atoms with Gasteiger partial charge in [0.05, 0.1) is 24.3 Å². The Morgan fingerprint density at radius 3 is 2.05 bits per heavy atom. The molecular formula is C15H22Cl2N2O3. The van der Waals surface area contributed by atoms with Crippen molar-refractivity contribution in [2.75, 3.05) is 40.4 Å². The van der Waals surface area contributed by atoms with Gasteiger partial charge in [-0.05, 0) is 19.2 Å². The Morgan fingerprint density at radius 1 is 1.14 bits per heavy atom. The van der Waals surface area contributed by atoms with Crippen LogP contribution in [0.5, 0.6) is 11.5 Å². The number of nitrogens with zero attached hydrogens (tertiary/aromatic N) is 1. The van der Waals surface area contributed by atoms with Gasteiger partial charge in [-0.2, -0.15) is 0 Å². The summed E-state index contributed by atoms with van der Waals surface area (Å²) in [7, 11) is 2.89. The van der Waals surface area contributed by atoms with Crippen LogP contribution in [0.2, 0.25) is 10.0 Å². The molecule has 0 aliphatic heterocycles. The van der Waals surface area contributed by atoms with Crippen LogP contribution in [0.15, 0.2) is 6.07 Å².